The topological polar surface area (TPSA) is 93.2 Å². The van der Waals surface area contributed by atoms with Crippen LogP contribution in [0.1, 0.15) is 19.3 Å². The number of nitrogens with zero attached hydrogens (tertiary/aromatic N) is 3. The number of urea groups is 1. The van der Waals surface area contributed by atoms with Crippen molar-refractivity contribution in [3.05, 3.63) is 0 Å². The zero-order valence-corrected chi connectivity index (χ0v) is 13.2. The molecule has 124 valence electrons. The van der Waals surface area contributed by atoms with E-state index in [4.69, 9.17) is 0 Å². The Morgan fingerprint density at radius 2 is 2.14 bits per heavy atom. The van der Waals surface area contributed by atoms with Gasteiger partial charge in [-0.2, -0.15) is 0 Å². The Bertz CT molecular complexity index is 452. The lowest BCUT2D eigenvalue weighted by atomic mass is 10.0. The van der Waals surface area contributed by atoms with Crippen LogP contribution in [0.4, 0.5) is 4.79 Å². The highest BCUT2D eigenvalue weighted by Crippen LogP contribution is 2.22. The molecule has 0 radical (unpaired) electrons. The van der Waals surface area contributed by atoms with Gasteiger partial charge in [-0.25, -0.2) is 4.79 Å². The molecule has 0 saturated carbocycles. The predicted molar refractivity (Wildman–Crippen MR) is 79.0 cm³/mol. The third-order valence-electron chi connectivity index (χ3n) is 4.00. The minimum atomic E-state index is -0.843. The maximum atomic E-state index is 12.2. The number of imide groups is 1. The molecule has 8 nitrogen and oxygen atoms in total. The van der Waals surface area contributed by atoms with Gasteiger partial charge in [0.2, 0.25) is 11.8 Å². The van der Waals surface area contributed by atoms with Crippen molar-refractivity contribution < 1.29 is 19.5 Å². The van der Waals surface area contributed by atoms with Crippen molar-refractivity contribution in [2.75, 3.05) is 46.8 Å². The summed E-state index contributed by atoms with van der Waals surface area (Å²) < 4.78 is 0. The van der Waals surface area contributed by atoms with E-state index < -0.39 is 5.60 Å². The van der Waals surface area contributed by atoms with Crippen LogP contribution in [-0.2, 0) is 9.59 Å². The monoisotopic (exact) mass is 312 g/mol. The molecule has 4 amide bonds. The van der Waals surface area contributed by atoms with Gasteiger partial charge in [0, 0.05) is 26.1 Å². The normalized spacial score (nSPS) is 25.3. The van der Waals surface area contributed by atoms with Gasteiger partial charge in [0.25, 0.3) is 0 Å². The molecule has 1 unspecified atom stereocenters. The molecule has 2 heterocycles. The van der Waals surface area contributed by atoms with E-state index in [-0.39, 0.29) is 37.4 Å². The Morgan fingerprint density at radius 1 is 1.41 bits per heavy atom. The summed E-state index contributed by atoms with van der Waals surface area (Å²) in [4.78, 5) is 39.6. The highest BCUT2D eigenvalue weighted by molar-refractivity contribution is 6.01. The van der Waals surface area contributed by atoms with Crippen molar-refractivity contribution in [1.82, 2.24) is 20.0 Å². The number of likely N-dealkylation sites (N-methyl/N-ethyl adjacent to an activating group) is 1. The van der Waals surface area contributed by atoms with E-state index in [1.807, 2.05) is 19.0 Å². The molecule has 22 heavy (non-hydrogen) atoms. The van der Waals surface area contributed by atoms with Crippen LogP contribution in [0.15, 0.2) is 0 Å². The first-order valence-corrected chi connectivity index (χ1v) is 7.54. The number of nitrogens with one attached hydrogen (secondary N) is 1. The van der Waals surface area contributed by atoms with Gasteiger partial charge in [-0.15, -0.1) is 0 Å². The standard InChI is InChI=1S/C14H24N4O4/c1-16(2)9-14(22)5-7-17(10-14)11(19)4-3-6-18-12(20)8-15-13(18)21/h22H,3-10H2,1-2H3,(H,15,21). The molecular formula is C14H24N4O4. The third-order valence-corrected chi connectivity index (χ3v) is 4.00. The summed E-state index contributed by atoms with van der Waals surface area (Å²) in [5, 5.41) is 12.9. The lowest BCUT2D eigenvalue weighted by Gasteiger charge is -2.26. The van der Waals surface area contributed by atoms with Gasteiger partial charge in [-0.1, -0.05) is 0 Å². The van der Waals surface area contributed by atoms with E-state index in [1.165, 1.54) is 0 Å². The molecule has 2 aliphatic rings. The maximum absolute atomic E-state index is 12.2. The average molecular weight is 312 g/mol. The van der Waals surface area contributed by atoms with Gasteiger partial charge in [0.15, 0.2) is 0 Å². The Kier molecular flexibility index (Phi) is 5.02. The van der Waals surface area contributed by atoms with E-state index >= 15 is 0 Å². The molecule has 0 spiro atoms. The van der Waals surface area contributed by atoms with Crippen molar-refractivity contribution in [1.29, 1.82) is 0 Å². The Morgan fingerprint density at radius 3 is 2.73 bits per heavy atom. The second kappa shape index (κ2) is 6.62. The SMILES string of the molecule is CN(C)CC1(O)CCN(C(=O)CCCN2C(=O)CNC2=O)C1. The summed E-state index contributed by atoms with van der Waals surface area (Å²) in [5.41, 5.74) is -0.843. The van der Waals surface area contributed by atoms with Gasteiger partial charge in [-0.3, -0.25) is 14.5 Å². The third kappa shape index (κ3) is 3.95. The Hall–Kier alpha value is -1.67. The molecule has 2 saturated heterocycles. The van der Waals surface area contributed by atoms with Gasteiger partial charge in [-0.05, 0) is 26.9 Å². The van der Waals surface area contributed by atoms with Crippen molar-refractivity contribution in [3.8, 4) is 0 Å². The minimum absolute atomic E-state index is 0.0382. The number of β-amino-alcohol motifs (C(OH)–C–C–N with tert-alkyl or cyclic N) is 1. The highest BCUT2D eigenvalue weighted by atomic mass is 16.3. The maximum Gasteiger partial charge on any atom is 0.324 e. The van der Waals surface area contributed by atoms with Crippen molar-refractivity contribution in [3.63, 3.8) is 0 Å². The van der Waals surface area contributed by atoms with Gasteiger partial charge >= 0.3 is 6.03 Å². The van der Waals surface area contributed by atoms with Crippen molar-refractivity contribution >= 4 is 17.8 Å². The first kappa shape index (κ1) is 16.7. The molecular weight excluding hydrogens is 288 g/mol. The summed E-state index contributed by atoms with van der Waals surface area (Å²) in [6, 6.07) is -0.390. The summed E-state index contributed by atoms with van der Waals surface area (Å²) in [6.45, 7) is 1.71. The molecule has 2 fully saturated rings. The van der Waals surface area contributed by atoms with Crippen LogP contribution in [0.25, 0.3) is 0 Å². The van der Waals surface area contributed by atoms with E-state index in [1.54, 1.807) is 4.90 Å². The molecule has 0 aromatic rings. The Balaban J connectivity index is 1.74. The smallest absolute Gasteiger partial charge is 0.324 e. The zero-order valence-electron chi connectivity index (χ0n) is 13.2. The van der Waals surface area contributed by atoms with E-state index in [9.17, 15) is 19.5 Å². The van der Waals surface area contributed by atoms with E-state index in [0.717, 1.165) is 4.90 Å². The molecule has 1 atom stereocenters. The zero-order chi connectivity index (χ0) is 16.3. The lowest BCUT2D eigenvalue weighted by molar-refractivity contribution is -0.132. The summed E-state index contributed by atoms with van der Waals surface area (Å²) in [5.74, 6) is -0.291. The fourth-order valence-corrected chi connectivity index (χ4v) is 3.02. The van der Waals surface area contributed by atoms with Crippen LogP contribution >= 0.6 is 0 Å². The van der Waals surface area contributed by atoms with Crippen LogP contribution in [0.5, 0.6) is 0 Å². The minimum Gasteiger partial charge on any atom is -0.387 e. The molecule has 8 heteroatoms. The fourth-order valence-electron chi connectivity index (χ4n) is 3.02. The van der Waals surface area contributed by atoms with Crippen LogP contribution < -0.4 is 5.32 Å². The number of rotatable bonds is 6. The second-order valence-electron chi connectivity index (χ2n) is 6.34. The number of carbonyl (C=O) groups is 3. The molecule has 0 aromatic carbocycles. The number of carbonyl (C=O) groups excluding carboxylic acids is 3. The van der Waals surface area contributed by atoms with E-state index in [2.05, 4.69) is 5.32 Å². The van der Waals surface area contributed by atoms with Crippen LogP contribution in [0.2, 0.25) is 0 Å². The molecule has 2 N–H and O–H groups in total. The fraction of sp³-hybridized carbons (Fsp3) is 0.786. The number of hydrogen-bond acceptors (Lipinski definition) is 5. The van der Waals surface area contributed by atoms with Crippen molar-refractivity contribution in [2.45, 2.75) is 24.9 Å². The first-order chi connectivity index (χ1) is 10.3. The molecule has 0 aliphatic carbocycles. The molecule has 0 aromatic heterocycles. The largest absolute Gasteiger partial charge is 0.387 e. The van der Waals surface area contributed by atoms with Gasteiger partial charge in [0.1, 0.15) is 0 Å². The van der Waals surface area contributed by atoms with Gasteiger partial charge < -0.3 is 20.2 Å². The van der Waals surface area contributed by atoms with Crippen LogP contribution in [0.3, 0.4) is 0 Å². The molecule has 2 aliphatic heterocycles. The summed E-state index contributed by atoms with van der Waals surface area (Å²) in [6.07, 6.45) is 1.29. The number of hydrogen-bond donors (Lipinski definition) is 2. The summed E-state index contributed by atoms with van der Waals surface area (Å²) in [7, 11) is 3.78. The molecule has 2 rings (SSSR count). The first-order valence-electron chi connectivity index (χ1n) is 7.54. The molecule has 0 bridgehead atoms. The second-order valence-corrected chi connectivity index (χ2v) is 6.34. The van der Waals surface area contributed by atoms with Gasteiger partial charge in [0.05, 0.1) is 18.7 Å². The average Bonchev–Trinajstić information content (AvgIpc) is 2.95. The Labute approximate surface area is 130 Å². The highest BCUT2D eigenvalue weighted by Gasteiger charge is 2.38. The van der Waals surface area contributed by atoms with Crippen LogP contribution in [0, 0.1) is 0 Å². The predicted octanol–water partition coefficient (Wildman–Crippen LogP) is -1.16. The number of likely N-dealkylation sites (tertiary alicyclic amines) is 1. The summed E-state index contributed by atoms with van der Waals surface area (Å²) >= 11 is 0. The van der Waals surface area contributed by atoms with Crippen LogP contribution in [-0.4, -0.2) is 90.1 Å². The van der Waals surface area contributed by atoms with E-state index in [0.29, 0.717) is 32.5 Å². The lowest BCUT2D eigenvalue weighted by Crippen LogP contribution is -2.43. The number of aliphatic hydroxyl groups is 1. The quantitative estimate of drug-likeness (QED) is 0.604. The van der Waals surface area contributed by atoms with Crippen molar-refractivity contribution in [2.24, 2.45) is 0 Å². The number of amides is 4.